The van der Waals surface area contributed by atoms with Gasteiger partial charge in [-0.1, -0.05) is 23.2 Å². The first kappa shape index (κ1) is 19.8. The molecule has 11 heteroatoms. The molecule has 0 bridgehead atoms. The van der Waals surface area contributed by atoms with Crippen LogP contribution >= 0.6 is 23.2 Å². The van der Waals surface area contributed by atoms with Crippen molar-refractivity contribution in [3.63, 3.8) is 0 Å². The topological polar surface area (TPSA) is 76.9 Å². The van der Waals surface area contributed by atoms with Crippen LogP contribution in [0.2, 0.25) is 10.0 Å². The number of alkyl halides is 3. The smallest absolute Gasteiger partial charge is 0.313 e. The van der Waals surface area contributed by atoms with Crippen molar-refractivity contribution in [1.29, 1.82) is 0 Å². The summed E-state index contributed by atoms with van der Waals surface area (Å²) in [4.78, 5) is 27.3. The lowest BCUT2D eigenvalue weighted by Gasteiger charge is -2.10. The van der Waals surface area contributed by atoms with Crippen LogP contribution in [0, 0.1) is 0 Å². The van der Waals surface area contributed by atoms with Crippen LogP contribution in [0.15, 0.2) is 42.9 Å². The highest BCUT2D eigenvalue weighted by molar-refractivity contribution is 6.31. The molecule has 1 N–H and O–H groups in total. The number of carbonyl (C=O) groups excluding carboxylic acids is 2. The monoisotopic (exact) mass is 428 g/mol. The van der Waals surface area contributed by atoms with E-state index in [1.807, 2.05) is 0 Å². The normalized spacial score (nSPS) is 11.3. The van der Waals surface area contributed by atoms with Gasteiger partial charge in [-0.25, -0.2) is 9.67 Å². The number of aromatic nitrogens is 3. The number of carbonyl (C=O) groups is 2. The Balaban J connectivity index is 1.99. The predicted octanol–water partition coefficient (Wildman–Crippen LogP) is 4.39. The number of hydrogen-bond acceptors (Lipinski definition) is 4. The zero-order valence-corrected chi connectivity index (χ0v) is 15.2. The first-order valence-corrected chi connectivity index (χ1v) is 8.28. The molecule has 0 saturated carbocycles. The van der Waals surface area contributed by atoms with Gasteiger partial charge in [-0.3, -0.25) is 9.59 Å². The molecule has 1 aromatic carbocycles. The molecule has 6 nitrogen and oxygen atoms in total. The molecule has 0 fully saturated rings. The lowest BCUT2D eigenvalue weighted by molar-refractivity contribution is -0.137. The highest BCUT2D eigenvalue weighted by Gasteiger charge is 2.33. The lowest BCUT2D eigenvalue weighted by atomic mass is 10.1. The summed E-state index contributed by atoms with van der Waals surface area (Å²) in [6.07, 6.45) is -0.614. The van der Waals surface area contributed by atoms with Gasteiger partial charge in [-0.15, -0.1) is 0 Å². The summed E-state index contributed by atoms with van der Waals surface area (Å²) in [5, 5.41) is 5.93. The number of nitrogens with zero attached hydrogens (tertiary/aromatic N) is 3. The fraction of sp³-hybridized carbons (Fsp3) is 0.0588. The second-order valence-electron chi connectivity index (χ2n) is 5.48. The van der Waals surface area contributed by atoms with Gasteiger partial charge in [0, 0.05) is 12.4 Å². The maximum atomic E-state index is 13.0. The van der Waals surface area contributed by atoms with Crippen molar-refractivity contribution in [3.05, 3.63) is 69.6 Å². The molecule has 0 aliphatic rings. The molecule has 3 aromatic rings. The zero-order valence-electron chi connectivity index (χ0n) is 13.7. The van der Waals surface area contributed by atoms with E-state index in [9.17, 15) is 22.8 Å². The van der Waals surface area contributed by atoms with Crippen molar-refractivity contribution in [1.82, 2.24) is 14.8 Å². The van der Waals surface area contributed by atoms with E-state index >= 15 is 0 Å². The summed E-state index contributed by atoms with van der Waals surface area (Å²) < 4.78 is 40.2. The predicted molar refractivity (Wildman–Crippen MR) is 95.9 cm³/mol. The van der Waals surface area contributed by atoms with E-state index in [0.717, 1.165) is 16.8 Å². The lowest BCUT2D eigenvalue weighted by Crippen LogP contribution is -2.08. The van der Waals surface area contributed by atoms with Gasteiger partial charge in [-0.2, -0.15) is 18.3 Å². The zero-order chi connectivity index (χ0) is 20.5. The Morgan fingerprint density at radius 3 is 2.61 bits per heavy atom. The summed E-state index contributed by atoms with van der Waals surface area (Å²) in [5.74, 6) is -0.585. The molecule has 1 amide bonds. The third kappa shape index (κ3) is 4.00. The second kappa shape index (κ2) is 7.61. The fourth-order valence-electron chi connectivity index (χ4n) is 2.39. The summed E-state index contributed by atoms with van der Waals surface area (Å²) in [7, 11) is 0. The van der Waals surface area contributed by atoms with Crippen molar-refractivity contribution in [2.75, 3.05) is 5.32 Å². The molecular formula is C17H9Cl2F3N4O2. The average Bonchev–Trinajstić information content (AvgIpc) is 3.12. The van der Waals surface area contributed by atoms with Gasteiger partial charge >= 0.3 is 6.18 Å². The third-order valence-electron chi connectivity index (χ3n) is 3.66. The van der Waals surface area contributed by atoms with Crippen molar-refractivity contribution in [2.24, 2.45) is 0 Å². The van der Waals surface area contributed by atoms with Crippen LogP contribution in [0.3, 0.4) is 0 Å². The third-order valence-corrected chi connectivity index (χ3v) is 4.20. The highest BCUT2D eigenvalue weighted by atomic mass is 35.5. The molecule has 0 aliphatic heterocycles. The molecule has 0 spiro atoms. The first-order valence-electron chi connectivity index (χ1n) is 7.53. The van der Waals surface area contributed by atoms with Crippen LogP contribution in [-0.2, 0) is 11.0 Å². The standard InChI is InChI=1S/C17H9Cl2F3N4O2/c18-10-3-12(16(23-6-10)24-8-27)15(28)9-5-25-26(7-9)11-1-2-14(19)13(4-11)17(20,21)22/h1-8H,(H,23,24,27). The Morgan fingerprint density at radius 1 is 1.18 bits per heavy atom. The summed E-state index contributed by atoms with van der Waals surface area (Å²) in [6, 6.07) is 4.56. The molecule has 2 heterocycles. The molecule has 28 heavy (non-hydrogen) atoms. The second-order valence-corrected chi connectivity index (χ2v) is 6.32. The minimum atomic E-state index is -4.64. The summed E-state index contributed by atoms with van der Waals surface area (Å²) >= 11 is 11.5. The Hall–Kier alpha value is -2.91. The maximum Gasteiger partial charge on any atom is 0.417 e. The Morgan fingerprint density at radius 2 is 1.93 bits per heavy atom. The minimum absolute atomic E-state index is 0.00577. The number of anilines is 1. The van der Waals surface area contributed by atoms with E-state index < -0.39 is 22.5 Å². The fourth-order valence-corrected chi connectivity index (χ4v) is 2.78. The van der Waals surface area contributed by atoms with Crippen LogP contribution in [0.25, 0.3) is 5.69 Å². The number of benzene rings is 1. The van der Waals surface area contributed by atoms with E-state index in [2.05, 4.69) is 15.4 Å². The van der Waals surface area contributed by atoms with Gasteiger partial charge in [0.15, 0.2) is 5.78 Å². The number of nitrogens with one attached hydrogen (secondary N) is 1. The molecule has 0 radical (unpaired) electrons. The van der Waals surface area contributed by atoms with Crippen LogP contribution < -0.4 is 5.32 Å². The Kier molecular flexibility index (Phi) is 5.39. The quantitative estimate of drug-likeness (QED) is 0.482. The average molecular weight is 429 g/mol. The molecule has 3 rings (SSSR count). The number of pyridine rings is 1. The molecule has 144 valence electrons. The van der Waals surface area contributed by atoms with E-state index in [1.165, 1.54) is 30.7 Å². The number of ketones is 1. The van der Waals surface area contributed by atoms with Crippen LogP contribution in [0.4, 0.5) is 19.0 Å². The minimum Gasteiger partial charge on any atom is -0.313 e. The largest absolute Gasteiger partial charge is 0.417 e. The van der Waals surface area contributed by atoms with Gasteiger partial charge in [0.05, 0.1) is 38.6 Å². The van der Waals surface area contributed by atoms with Crippen LogP contribution in [0.1, 0.15) is 21.5 Å². The van der Waals surface area contributed by atoms with Gasteiger partial charge in [0.25, 0.3) is 0 Å². The van der Waals surface area contributed by atoms with Crippen molar-refractivity contribution < 1.29 is 22.8 Å². The number of rotatable bonds is 5. The Bertz CT molecular complexity index is 1070. The molecule has 0 unspecified atom stereocenters. The van der Waals surface area contributed by atoms with Crippen molar-refractivity contribution >= 4 is 41.2 Å². The summed E-state index contributed by atoms with van der Waals surface area (Å²) in [6.45, 7) is 0. The van der Waals surface area contributed by atoms with Crippen LogP contribution in [0.5, 0.6) is 0 Å². The van der Waals surface area contributed by atoms with E-state index in [4.69, 9.17) is 23.2 Å². The molecule has 2 aromatic heterocycles. The SMILES string of the molecule is O=CNc1ncc(Cl)cc1C(=O)c1cnn(-c2ccc(Cl)c(C(F)(F)F)c2)c1. The number of hydrogen-bond donors (Lipinski definition) is 1. The highest BCUT2D eigenvalue weighted by Crippen LogP contribution is 2.35. The van der Waals surface area contributed by atoms with Crippen molar-refractivity contribution in [2.45, 2.75) is 6.18 Å². The van der Waals surface area contributed by atoms with Crippen LogP contribution in [-0.4, -0.2) is 27.0 Å². The molecule has 0 atom stereocenters. The summed E-state index contributed by atoms with van der Waals surface area (Å²) in [5.41, 5.74) is -0.898. The molecule has 0 aliphatic carbocycles. The first-order chi connectivity index (χ1) is 13.2. The maximum absolute atomic E-state index is 13.0. The van der Waals surface area contributed by atoms with Gasteiger partial charge < -0.3 is 5.32 Å². The molecular weight excluding hydrogens is 420 g/mol. The van der Waals surface area contributed by atoms with E-state index in [1.54, 1.807) is 0 Å². The van der Waals surface area contributed by atoms with E-state index in [-0.39, 0.29) is 27.7 Å². The Labute approximate surface area is 165 Å². The molecule has 0 saturated heterocycles. The number of halogens is 5. The number of amides is 1. The van der Waals surface area contributed by atoms with Crippen molar-refractivity contribution in [3.8, 4) is 5.69 Å². The van der Waals surface area contributed by atoms with Gasteiger partial charge in [0.2, 0.25) is 6.41 Å². The van der Waals surface area contributed by atoms with Gasteiger partial charge in [-0.05, 0) is 24.3 Å². The van der Waals surface area contributed by atoms with Gasteiger partial charge in [0.1, 0.15) is 5.82 Å². The van der Waals surface area contributed by atoms with E-state index in [0.29, 0.717) is 6.41 Å².